The van der Waals surface area contributed by atoms with Crippen LogP contribution in [0.15, 0.2) is 48.5 Å². The maximum absolute atomic E-state index is 12.5. The molecule has 0 aromatic heterocycles. The molecular formula is C23H30N2O2. The Morgan fingerprint density at radius 2 is 1.70 bits per heavy atom. The molecule has 0 fully saturated rings. The first-order valence-electron chi connectivity index (χ1n) is 9.80. The molecule has 2 amide bonds. The topological polar surface area (TPSA) is 58.2 Å². The van der Waals surface area contributed by atoms with Gasteiger partial charge in [-0.05, 0) is 49.1 Å². The molecule has 2 N–H and O–H groups in total. The monoisotopic (exact) mass is 366 g/mol. The van der Waals surface area contributed by atoms with Gasteiger partial charge in [0.15, 0.2) is 0 Å². The summed E-state index contributed by atoms with van der Waals surface area (Å²) in [5, 5.41) is 5.95. The molecule has 0 saturated heterocycles. The molecule has 0 radical (unpaired) electrons. The predicted molar refractivity (Wildman–Crippen MR) is 111 cm³/mol. The van der Waals surface area contributed by atoms with Crippen LogP contribution >= 0.6 is 0 Å². The van der Waals surface area contributed by atoms with Crippen molar-refractivity contribution in [1.29, 1.82) is 0 Å². The van der Waals surface area contributed by atoms with Gasteiger partial charge < -0.3 is 10.6 Å². The first-order valence-corrected chi connectivity index (χ1v) is 9.80. The molecule has 2 aromatic carbocycles. The van der Waals surface area contributed by atoms with Crippen molar-refractivity contribution in [1.82, 2.24) is 5.32 Å². The minimum Gasteiger partial charge on any atom is -0.352 e. The van der Waals surface area contributed by atoms with Crippen LogP contribution in [0.5, 0.6) is 0 Å². The van der Waals surface area contributed by atoms with Gasteiger partial charge in [-0.1, -0.05) is 57.4 Å². The van der Waals surface area contributed by atoms with E-state index >= 15 is 0 Å². The lowest BCUT2D eigenvalue weighted by molar-refractivity contribution is 0.0944. The first-order chi connectivity index (χ1) is 13.0. The molecule has 27 heavy (non-hydrogen) atoms. The molecule has 0 bridgehead atoms. The Kier molecular flexibility index (Phi) is 8.05. The van der Waals surface area contributed by atoms with Crippen molar-refractivity contribution >= 4 is 17.5 Å². The normalized spacial score (nSPS) is 11.7. The van der Waals surface area contributed by atoms with Crippen molar-refractivity contribution < 1.29 is 9.59 Å². The first kappa shape index (κ1) is 20.7. The smallest absolute Gasteiger partial charge is 0.255 e. The summed E-state index contributed by atoms with van der Waals surface area (Å²) >= 11 is 0. The van der Waals surface area contributed by atoms with E-state index in [4.69, 9.17) is 0 Å². The number of aryl methyl sites for hydroxylation is 1. The van der Waals surface area contributed by atoms with E-state index < -0.39 is 0 Å². The van der Waals surface area contributed by atoms with Crippen molar-refractivity contribution in [2.24, 2.45) is 5.92 Å². The number of unbranched alkanes of at least 4 members (excludes halogenated alkanes) is 1. The third-order valence-corrected chi connectivity index (χ3v) is 4.88. The molecule has 0 spiro atoms. The van der Waals surface area contributed by atoms with E-state index in [0.717, 1.165) is 18.4 Å². The largest absolute Gasteiger partial charge is 0.352 e. The lowest BCUT2D eigenvalue weighted by Gasteiger charge is -2.16. The van der Waals surface area contributed by atoms with Crippen LogP contribution in [0.4, 0.5) is 5.69 Å². The van der Waals surface area contributed by atoms with Gasteiger partial charge in [0.25, 0.3) is 11.8 Å². The van der Waals surface area contributed by atoms with Crippen molar-refractivity contribution in [2.75, 3.05) is 11.9 Å². The summed E-state index contributed by atoms with van der Waals surface area (Å²) in [4.78, 5) is 24.9. The number of benzene rings is 2. The van der Waals surface area contributed by atoms with E-state index in [9.17, 15) is 9.59 Å². The molecule has 0 aliphatic rings. The fraction of sp³-hybridized carbons (Fsp3) is 0.391. The Labute approximate surface area is 162 Å². The lowest BCUT2D eigenvalue weighted by atomic mass is 9.99. The van der Waals surface area contributed by atoms with Gasteiger partial charge in [-0.25, -0.2) is 0 Å². The predicted octanol–water partition coefficient (Wildman–Crippen LogP) is 5.19. The van der Waals surface area contributed by atoms with Gasteiger partial charge in [-0.2, -0.15) is 0 Å². The molecule has 0 heterocycles. The summed E-state index contributed by atoms with van der Waals surface area (Å²) in [5.41, 5.74) is 2.74. The highest BCUT2D eigenvalue weighted by atomic mass is 16.2. The molecule has 0 saturated carbocycles. The summed E-state index contributed by atoms with van der Waals surface area (Å²) in [6.07, 6.45) is 4.56. The summed E-state index contributed by atoms with van der Waals surface area (Å²) in [7, 11) is 0. The van der Waals surface area contributed by atoms with E-state index in [0.29, 0.717) is 29.3 Å². The SMILES string of the molecule is CCCCC(CC)CNC(=O)c1ccc(C)c(NC(=O)c2ccccc2)c1. The number of nitrogens with one attached hydrogen (secondary N) is 2. The molecule has 4 heteroatoms. The van der Waals surface area contributed by atoms with Crippen LogP contribution in [0.2, 0.25) is 0 Å². The van der Waals surface area contributed by atoms with E-state index in [2.05, 4.69) is 24.5 Å². The third-order valence-electron chi connectivity index (χ3n) is 4.88. The van der Waals surface area contributed by atoms with Crippen molar-refractivity contribution in [3.63, 3.8) is 0 Å². The summed E-state index contributed by atoms with van der Waals surface area (Å²) < 4.78 is 0. The zero-order valence-corrected chi connectivity index (χ0v) is 16.5. The number of hydrogen-bond acceptors (Lipinski definition) is 2. The quantitative estimate of drug-likeness (QED) is 0.641. The van der Waals surface area contributed by atoms with Crippen LogP contribution in [0.3, 0.4) is 0 Å². The van der Waals surface area contributed by atoms with Gasteiger partial charge in [0, 0.05) is 23.4 Å². The molecule has 2 rings (SSSR count). The second kappa shape index (κ2) is 10.5. The molecule has 2 aromatic rings. The van der Waals surface area contributed by atoms with Crippen LogP contribution in [0.1, 0.15) is 65.8 Å². The van der Waals surface area contributed by atoms with Gasteiger partial charge in [0.1, 0.15) is 0 Å². The van der Waals surface area contributed by atoms with Gasteiger partial charge in [0.05, 0.1) is 0 Å². The van der Waals surface area contributed by atoms with Crippen LogP contribution in [-0.2, 0) is 0 Å². The zero-order chi connectivity index (χ0) is 19.6. The number of carbonyl (C=O) groups is 2. The molecular weight excluding hydrogens is 336 g/mol. The van der Waals surface area contributed by atoms with Crippen molar-refractivity contribution in [2.45, 2.75) is 46.5 Å². The van der Waals surface area contributed by atoms with Crippen LogP contribution in [0, 0.1) is 12.8 Å². The average Bonchev–Trinajstić information content (AvgIpc) is 2.70. The fourth-order valence-corrected chi connectivity index (χ4v) is 2.96. The Bertz CT molecular complexity index is 756. The molecule has 4 nitrogen and oxygen atoms in total. The molecule has 1 atom stereocenters. The molecule has 1 unspecified atom stereocenters. The highest BCUT2D eigenvalue weighted by Crippen LogP contribution is 2.18. The number of carbonyl (C=O) groups excluding carboxylic acids is 2. The van der Waals surface area contributed by atoms with E-state index in [1.807, 2.05) is 31.2 Å². The Morgan fingerprint density at radius 3 is 2.37 bits per heavy atom. The molecule has 144 valence electrons. The molecule has 0 aliphatic carbocycles. The van der Waals surface area contributed by atoms with Crippen molar-refractivity contribution in [3.05, 3.63) is 65.2 Å². The van der Waals surface area contributed by atoms with Gasteiger partial charge in [-0.3, -0.25) is 9.59 Å². The summed E-state index contributed by atoms with van der Waals surface area (Å²) in [6.45, 7) is 6.95. The lowest BCUT2D eigenvalue weighted by Crippen LogP contribution is -2.29. The fourth-order valence-electron chi connectivity index (χ4n) is 2.96. The molecule has 0 aliphatic heterocycles. The number of rotatable bonds is 9. The zero-order valence-electron chi connectivity index (χ0n) is 16.5. The standard InChI is InChI=1S/C23H30N2O2/c1-4-6-10-18(5-2)16-24-22(26)20-14-13-17(3)21(15-20)25-23(27)19-11-8-7-9-12-19/h7-9,11-15,18H,4-6,10,16H2,1-3H3,(H,24,26)(H,25,27). The Morgan fingerprint density at radius 1 is 0.963 bits per heavy atom. The Balaban J connectivity index is 2.03. The van der Waals surface area contributed by atoms with Gasteiger partial charge >= 0.3 is 0 Å². The number of hydrogen-bond donors (Lipinski definition) is 2. The van der Waals surface area contributed by atoms with Gasteiger partial charge in [-0.15, -0.1) is 0 Å². The average molecular weight is 367 g/mol. The number of anilines is 1. The summed E-state index contributed by atoms with van der Waals surface area (Å²) in [6, 6.07) is 14.5. The minimum atomic E-state index is -0.179. The second-order valence-corrected chi connectivity index (χ2v) is 6.98. The minimum absolute atomic E-state index is 0.0971. The van der Waals surface area contributed by atoms with Crippen molar-refractivity contribution in [3.8, 4) is 0 Å². The van der Waals surface area contributed by atoms with Crippen LogP contribution in [0.25, 0.3) is 0 Å². The van der Waals surface area contributed by atoms with Gasteiger partial charge in [0.2, 0.25) is 0 Å². The third kappa shape index (κ3) is 6.24. The summed E-state index contributed by atoms with van der Waals surface area (Å²) in [5.74, 6) is 0.235. The van der Waals surface area contributed by atoms with Crippen LogP contribution < -0.4 is 10.6 Å². The van der Waals surface area contributed by atoms with E-state index in [1.54, 1.807) is 24.3 Å². The number of amides is 2. The Hall–Kier alpha value is -2.62. The van der Waals surface area contributed by atoms with E-state index in [-0.39, 0.29) is 11.8 Å². The maximum Gasteiger partial charge on any atom is 0.255 e. The highest BCUT2D eigenvalue weighted by Gasteiger charge is 2.13. The highest BCUT2D eigenvalue weighted by molar-refractivity contribution is 6.05. The van der Waals surface area contributed by atoms with Crippen LogP contribution in [-0.4, -0.2) is 18.4 Å². The van der Waals surface area contributed by atoms with E-state index in [1.165, 1.54) is 12.8 Å². The second-order valence-electron chi connectivity index (χ2n) is 6.98. The maximum atomic E-state index is 12.5.